The number of esters is 2. The monoisotopic (exact) mass is 653 g/mol. The number of rotatable bonds is 8. The Bertz CT molecular complexity index is 1410. The number of halogens is 1. The molecule has 6 rings (SSSR count). The summed E-state index contributed by atoms with van der Waals surface area (Å²) in [6.07, 6.45) is 13.2. The van der Waals surface area contributed by atoms with Gasteiger partial charge in [0.15, 0.2) is 12.0 Å². The zero-order chi connectivity index (χ0) is 32.6. The van der Waals surface area contributed by atoms with E-state index in [0.29, 0.717) is 34.4 Å². The first-order valence-corrected chi connectivity index (χ1v) is 17.3. The molecule has 1 heterocycles. The van der Waals surface area contributed by atoms with Crippen molar-refractivity contribution in [3.63, 3.8) is 0 Å². The standard InChI is InChI=1S/C37H48ClNO7/c1-22(39-46-32-9-7-6-8-31(32)38)28-12-13-29-27-11-10-25-20-26(16-18-36(25,4)30(27)17-19-37(28,29)5)44-35-15-14-33(43-24(3)41)34(45-35)21-42-23(2)40/h6-10,14-15,26-30,33-35H,11-13,16-21H2,1-5H3/b39-22+/t26-,27?,28+,29?,30?,33-,34+,35?,36-,37+/m0/s1. The highest BCUT2D eigenvalue weighted by Crippen LogP contribution is 2.66. The van der Waals surface area contributed by atoms with Gasteiger partial charge in [-0.2, -0.15) is 0 Å². The van der Waals surface area contributed by atoms with Crippen molar-refractivity contribution in [3.8, 4) is 5.75 Å². The summed E-state index contributed by atoms with van der Waals surface area (Å²) in [5.74, 6) is 2.21. The molecule has 0 aromatic heterocycles. The van der Waals surface area contributed by atoms with Crippen LogP contribution in [-0.4, -0.2) is 48.9 Å². The fourth-order valence-corrected chi connectivity index (χ4v) is 9.83. The first-order chi connectivity index (χ1) is 22.0. The zero-order valence-corrected chi connectivity index (χ0v) is 28.5. The Kier molecular flexibility index (Phi) is 9.71. The summed E-state index contributed by atoms with van der Waals surface area (Å²) < 4.78 is 23.2. The third kappa shape index (κ3) is 6.54. The summed E-state index contributed by atoms with van der Waals surface area (Å²) in [5.41, 5.74) is 3.01. The SMILES string of the molecule is CC(=O)OC[C@H]1OC(O[C@H]2CC[C@@]3(C)C(=CCC4C3CC[C@@]3(C)C4CC[C@@H]3/C(C)=N/Oc3ccccc3Cl)C2)C=C[C@@H]1OC(C)=O. The molecule has 8 nitrogen and oxygen atoms in total. The van der Waals surface area contributed by atoms with Gasteiger partial charge in [-0.1, -0.05) is 54.4 Å². The normalized spacial score (nSPS) is 38.6. The van der Waals surface area contributed by atoms with Crippen LogP contribution in [0, 0.1) is 34.5 Å². The van der Waals surface area contributed by atoms with Crippen LogP contribution in [0.25, 0.3) is 0 Å². The smallest absolute Gasteiger partial charge is 0.303 e. The third-order valence-electron chi connectivity index (χ3n) is 11.9. The summed E-state index contributed by atoms with van der Waals surface area (Å²) >= 11 is 6.31. The van der Waals surface area contributed by atoms with E-state index < -0.39 is 30.4 Å². The molecule has 0 spiro atoms. The van der Waals surface area contributed by atoms with Gasteiger partial charge >= 0.3 is 11.9 Å². The summed E-state index contributed by atoms with van der Waals surface area (Å²) in [6, 6.07) is 7.50. The predicted molar refractivity (Wildman–Crippen MR) is 175 cm³/mol. The summed E-state index contributed by atoms with van der Waals surface area (Å²) in [5, 5.41) is 5.18. The number of allylic oxidation sites excluding steroid dienone is 1. The Morgan fingerprint density at radius 1 is 1.00 bits per heavy atom. The van der Waals surface area contributed by atoms with Gasteiger partial charge in [-0.3, -0.25) is 9.59 Å². The molecule has 4 unspecified atom stereocenters. The third-order valence-corrected chi connectivity index (χ3v) is 12.2. The fourth-order valence-electron chi connectivity index (χ4n) is 9.66. The number of benzene rings is 1. The first kappa shape index (κ1) is 33.2. The highest BCUT2D eigenvalue weighted by molar-refractivity contribution is 6.32. The average molecular weight is 654 g/mol. The van der Waals surface area contributed by atoms with Crippen LogP contribution in [-0.2, 0) is 28.5 Å². The lowest BCUT2D eigenvalue weighted by Gasteiger charge is -2.58. The Morgan fingerprint density at radius 2 is 1.80 bits per heavy atom. The molecular weight excluding hydrogens is 606 g/mol. The quantitative estimate of drug-likeness (QED) is 0.122. The lowest BCUT2D eigenvalue weighted by atomic mass is 9.47. The number of hydrogen-bond donors (Lipinski definition) is 0. The van der Waals surface area contributed by atoms with E-state index in [2.05, 4.69) is 32.0 Å². The molecule has 1 aromatic carbocycles. The second-order valence-electron chi connectivity index (χ2n) is 14.5. The molecule has 0 amide bonds. The van der Waals surface area contributed by atoms with Gasteiger partial charge in [0, 0.05) is 19.8 Å². The van der Waals surface area contributed by atoms with Crippen LogP contribution in [0.5, 0.6) is 5.75 Å². The largest absolute Gasteiger partial charge is 0.463 e. The number of fused-ring (bicyclic) bond motifs is 5. The molecule has 0 saturated heterocycles. The number of carbonyl (C=O) groups excluding carboxylic acids is 2. The van der Waals surface area contributed by atoms with Crippen molar-refractivity contribution < 1.29 is 33.4 Å². The minimum Gasteiger partial charge on any atom is -0.463 e. The van der Waals surface area contributed by atoms with Gasteiger partial charge in [-0.15, -0.1) is 0 Å². The van der Waals surface area contributed by atoms with Gasteiger partial charge in [-0.25, -0.2) is 0 Å². The molecule has 3 fully saturated rings. The van der Waals surface area contributed by atoms with E-state index in [9.17, 15) is 9.59 Å². The molecule has 0 bridgehead atoms. The number of oxime groups is 1. The molecule has 0 N–H and O–H groups in total. The van der Waals surface area contributed by atoms with Gasteiger partial charge in [0.05, 0.1) is 16.8 Å². The molecule has 0 radical (unpaired) electrons. The molecule has 1 aromatic rings. The Hall–Kier alpha value is -2.68. The minimum atomic E-state index is -0.624. The lowest BCUT2D eigenvalue weighted by molar-refractivity contribution is -0.213. The fraction of sp³-hybridized carbons (Fsp3) is 0.649. The van der Waals surface area contributed by atoms with Crippen molar-refractivity contribution in [2.75, 3.05) is 6.61 Å². The second-order valence-corrected chi connectivity index (χ2v) is 14.9. The molecule has 250 valence electrons. The van der Waals surface area contributed by atoms with Crippen molar-refractivity contribution in [2.45, 2.75) is 111 Å². The average Bonchev–Trinajstić information content (AvgIpc) is 3.38. The number of ether oxygens (including phenoxy) is 4. The highest BCUT2D eigenvalue weighted by Gasteiger charge is 2.59. The van der Waals surface area contributed by atoms with Crippen molar-refractivity contribution in [1.29, 1.82) is 0 Å². The number of hydrogen-bond acceptors (Lipinski definition) is 8. The van der Waals surface area contributed by atoms with Gasteiger partial charge in [0.25, 0.3) is 0 Å². The van der Waals surface area contributed by atoms with E-state index >= 15 is 0 Å². The summed E-state index contributed by atoms with van der Waals surface area (Å²) in [6.45, 7) is 9.83. The first-order valence-electron chi connectivity index (χ1n) is 16.9. The van der Waals surface area contributed by atoms with E-state index in [1.54, 1.807) is 12.2 Å². The van der Waals surface area contributed by atoms with E-state index in [1.807, 2.05) is 24.3 Å². The van der Waals surface area contributed by atoms with Gasteiger partial charge in [-0.05, 0) is 111 Å². The molecule has 10 atom stereocenters. The van der Waals surface area contributed by atoms with Crippen molar-refractivity contribution in [1.82, 2.24) is 0 Å². The molecule has 5 aliphatic rings. The van der Waals surface area contributed by atoms with E-state index in [0.717, 1.165) is 37.8 Å². The molecule has 1 aliphatic heterocycles. The Labute approximate surface area is 277 Å². The number of carbonyl (C=O) groups is 2. The van der Waals surface area contributed by atoms with E-state index in [4.69, 9.17) is 35.4 Å². The molecule has 46 heavy (non-hydrogen) atoms. The minimum absolute atomic E-state index is 0.00480. The van der Waals surface area contributed by atoms with E-state index in [-0.39, 0.29) is 23.5 Å². The molecule has 3 saturated carbocycles. The summed E-state index contributed by atoms with van der Waals surface area (Å²) in [7, 11) is 0. The topological polar surface area (TPSA) is 92.7 Å². The summed E-state index contributed by atoms with van der Waals surface area (Å²) in [4.78, 5) is 28.9. The molecule has 4 aliphatic carbocycles. The van der Waals surface area contributed by atoms with Crippen LogP contribution < -0.4 is 4.84 Å². The van der Waals surface area contributed by atoms with Gasteiger partial charge in [0.1, 0.15) is 18.8 Å². The maximum Gasteiger partial charge on any atom is 0.303 e. The van der Waals surface area contributed by atoms with Crippen molar-refractivity contribution in [3.05, 3.63) is 53.1 Å². The van der Waals surface area contributed by atoms with Gasteiger partial charge < -0.3 is 23.8 Å². The Morgan fingerprint density at radius 3 is 2.57 bits per heavy atom. The predicted octanol–water partition coefficient (Wildman–Crippen LogP) is 7.83. The second kappa shape index (κ2) is 13.4. The maximum absolute atomic E-state index is 11.6. The van der Waals surface area contributed by atoms with Crippen LogP contribution in [0.2, 0.25) is 5.02 Å². The van der Waals surface area contributed by atoms with Gasteiger partial charge in [0.2, 0.25) is 0 Å². The highest BCUT2D eigenvalue weighted by atomic mass is 35.5. The zero-order valence-electron chi connectivity index (χ0n) is 27.7. The van der Waals surface area contributed by atoms with Crippen molar-refractivity contribution >= 4 is 29.3 Å². The Balaban J connectivity index is 1.10. The molecular formula is C37H48ClNO7. The lowest BCUT2D eigenvalue weighted by Crippen LogP contribution is -2.51. The van der Waals surface area contributed by atoms with Crippen LogP contribution >= 0.6 is 11.6 Å². The van der Waals surface area contributed by atoms with Crippen LogP contribution in [0.15, 0.2) is 53.2 Å². The molecule has 9 heteroatoms. The number of para-hydroxylation sites is 1. The van der Waals surface area contributed by atoms with Crippen LogP contribution in [0.3, 0.4) is 0 Å². The van der Waals surface area contributed by atoms with Crippen LogP contribution in [0.4, 0.5) is 0 Å². The van der Waals surface area contributed by atoms with E-state index in [1.165, 1.54) is 38.7 Å². The number of nitrogens with zero attached hydrogens (tertiary/aromatic N) is 1. The van der Waals surface area contributed by atoms with Crippen LogP contribution in [0.1, 0.15) is 86.0 Å². The maximum atomic E-state index is 11.6. The van der Waals surface area contributed by atoms with Crippen molar-refractivity contribution in [2.24, 2.45) is 39.7 Å².